The molecule has 1 amide bonds. The Labute approximate surface area is 190 Å². The molecule has 0 saturated carbocycles. The summed E-state index contributed by atoms with van der Waals surface area (Å²) in [5.41, 5.74) is 0. The van der Waals surface area contributed by atoms with Gasteiger partial charge in [0.25, 0.3) is 5.91 Å². The highest BCUT2D eigenvalue weighted by Crippen LogP contribution is 2.10. The number of aliphatic imine (C=N–C) groups is 1. The summed E-state index contributed by atoms with van der Waals surface area (Å²) < 4.78 is 9.85. The summed E-state index contributed by atoms with van der Waals surface area (Å²) in [6.45, 7) is 6.42. The number of halogens is 1. The summed E-state index contributed by atoms with van der Waals surface area (Å²) in [5.74, 6) is 1.10. The zero-order valence-corrected chi connectivity index (χ0v) is 19.7. The second kappa shape index (κ2) is 14.2. The van der Waals surface area contributed by atoms with Gasteiger partial charge in [0.15, 0.2) is 11.7 Å². The maximum atomic E-state index is 12.4. The van der Waals surface area contributed by atoms with Crippen LogP contribution < -0.4 is 5.32 Å². The van der Waals surface area contributed by atoms with Crippen LogP contribution >= 0.6 is 24.0 Å². The van der Waals surface area contributed by atoms with Gasteiger partial charge < -0.3 is 24.3 Å². The number of guanidine groups is 1. The van der Waals surface area contributed by atoms with Crippen molar-refractivity contribution >= 4 is 41.8 Å². The number of hydrogen-bond donors (Lipinski definition) is 1. The highest BCUT2D eigenvalue weighted by molar-refractivity contribution is 14.0. The lowest BCUT2D eigenvalue weighted by molar-refractivity contribution is -0.140. The van der Waals surface area contributed by atoms with Crippen LogP contribution in [0.25, 0.3) is 0 Å². The molecular formula is C20H33IN4O4. The normalized spacial score (nSPS) is 14.3. The Hall–Kier alpha value is -1.78. The molecule has 2 rings (SSSR count). The number of carbonyl (C=O) groups excluding carboxylic acids is 2. The first kappa shape index (κ1) is 25.3. The van der Waals surface area contributed by atoms with Gasteiger partial charge in [0, 0.05) is 45.7 Å². The Balaban J connectivity index is 0.00000420. The van der Waals surface area contributed by atoms with Gasteiger partial charge in [-0.2, -0.15) is 0 Å². The molecule has 1 aromatic rings. The fourth-order valence-corrected chi connectivity index (χ4v) is 3.12. The number of hydrogen-bond acceptors (Lipinski definition) is 5. The zero-order valence-electron chi connectivity index (χ0n) is 17.4. The Morgan fingerprint density at radius 3 is 2.45 bits per heavy atom. The Bertz CT molecular complexity index is 628. The van der Waals surface area contributed by atoms with E-state index in [1.54, 1.807) is 12.1 Å². The molecule has 1 saturated heterocycles. The van der Waals surface area contributed by atoms with E-state index in [0.717, 1.165) is 57.8 Å². The molecule has 9 heteroatoms. The third kappa shape index (κ3) is 8.63. The fourth-order valence-electron chi connectivity index (χ4n) is 3.12. The average molecular weight is 520 g/mol. The van der Waals surface area contributed by atoms with Gasteiger partial charge in [-0.3, -0.25) is 14.6 Å². The van der Waals surface area contributed by atoms with Crippen LogP contribution in [0.3, 0.4) is 0 Å². The second-order valence-electron chi connectivity index (χ2n) is 6.73. The largest absolute Gasteiger partial charge is 0.469 e. The van der Waals surface area contributed by atoms with E-state index < -0.39 is 0 Å². The predicted molar refractivity (Wildman–Crippen MR) is 123 cm³/mol. The van der Waals surface area contributed by atoms with E-state index >= 15 is 0 Å². The highest BCUT2D eigenvalue weighted by atomic mass is 127. The van der Waals surface area contributed by atoms with Crippen molar-refractivity contribution in [1.82, 2.24) is 15.1 Å². The fraction of sp³-hybridized carbons (Fsp3) is 0.650. The molecule has 1 aliphatic heterocycles. The quantitative estimate of drug-likeness (QED) is 0.177. The zero-order chi connectivity index (χ0) is 20.2. The molecule has 29 heavy (non-hydrogen) atoms. The summed E-state index contributed by atoms with van der Waals surface area (Å²) >= 11 is 0. The number of esters is 1. The van der Waals surface area contributed by atoms with E-state index in [2.05, 4.69) is 21.9 Å². The number of ether oxygens (including phenoxy) is 1. The minimum atomic E-state index is -0.142. The van der Waals surface area contributed by atoms with Gasteiger partial charge in [0.2, 0.25) is 0 Å². The van der Waals surface area contributed by atoms with Crippen LogP contribution in [0.4, 0.5) is 0 Å². The SMILES string of the molecule is CCNC(=NCCCCCCC(=O)OC)N1CCN(C(=O)c2ccco2)CC1.I. The summed E-state index contributed by atoms with van der Waals surface area (Å²) in [7, 11) is 1.42. The first-order valence-corrected chi connectivity index (χ1v) is 10.1. The van der Waals surface area contributed by atoms with Gasteiger partial charge in [0.1, 0.15) is 0 Å². The van der Waals surface area contributed by atoms with Crippen LogP contribution in [-0.2, 0) is 9.53 Å². The molecule has 1 aromatic heterocycles. The molecule has 164 valence electrons. The first-order valence-electron chi connectivity index (χ1n) is 10.1. The van der Waals surface area contributed by atoms with Gasteiger partial charge in [-0.25, -0.2) is 0 Å². The average Bonchev–Trinajstić information content (AvgIpc) is 3.26. The van der Waals surface area contributed by atoms with Crippen molar-refractivity contribution in [2.75, 3.05) is 46.4 Å². The summed E-state index contributed by atoms with van der Waals surface area (Å²) in [4.78, 5) is 32.2. The monoisotopic (exact) mass is 520 g/mol. The van der Waals surface area contributed by atoms with Crippen molar-refractivity contribution in [3.8, 4) is 0 Å². The molecule has 0 radical (unpaired) electrons. The molecule has 0 aromatic carbocycles. The smallest absolute Gasteiger partial charge is 0.305 e. The van der Waals surface area contributed by atoms with Crippen molar-refractivity contribution in [3.05, 3.63) is 24.2 Å². The maximum absolute atomic E-state index is 12.4. The van der Waals surface area contributed by atoms with Gasteiger partial charge in [0.05, 0.1) is 13.4 Å². The molecule has 0 aliphatic carbocycles. The number of methoxy groups -OCH3 is 1. The minimum absolute atomic E-state index is 0. The van der Waals surface area contributed by atoms with Crippen molar-refractivity contribution in [1.29, 1.82) is 0 Å². The standard InChI is InChI=1S/C20H32N4O4.HI/c1-3-21-20(22-11-7-5-4-6-10-18(25)27-2)24-14-12-23(13-15-24)19(26)17-9-8-16-28-17;/h8-9,16H,3-7,10-15H2,1-2H3,(H,21,22);1H. The van der Waals surface area contributed by atoms with Crippen molar-refractivity contribution in [2.24, 2.45) is 4.99 Å². The lowest BCUT2D eigenvalue weighted by atomic mass is 10.1. The predicted octanol–water partition coefficient (Wildman–Crippen LogP) is 2.74. The van der Waals surface area contributed by atoms with Crippen LogP contribution in [0.15, 0.2) is 27.8 Å². The summed E-state index contributed by atoms with van der Waals surface area (Å²) in [6, 6.07) is 3.43. The summed E-state index contributed by atoms with van der Waals surface area (Å²) in [6.07, 6.45) is 5.92. The van der Waals surface area contributed by atoms with Gasteiger partial charge in [-0.05, 0) is 31.9 Å². The van der Waals surface area contributed by atoms with Gasteiger partial charge in [-0.1, -0.05) is 12.8 Å². The number of nitrogens with zero attached hydrogens (tertiary/aromatic N) is 3. The number of furan rings is 1. The Kier molecular flexibility index (Phi) is 12.4. The number of amides is 1. The van der Waals surface area contributed by atoms with Crippen molar-refractivity contribution < 1.29 is 18.7 Å². The molecule has 8 nitrogen and oxygen atoms in total. The lowest BCUT2D eigenvalue weighted by Gasteiger charge is -2.36. The molecule has 0 atom stereocenters. The Morgan fingerprint density at radius 2 is 1.83 bits per heavy atom. The van der Waals surface area contributed by atoms with E-state index in [9.17, 15) is 9.59 Å². The van der Waals surface area contributed by atoms with E-state index in [1.807, 2.05) is 4.90 Å². The van der Waals surface area contributed by atoms with Crippen molar-refractivity contribution in [2.45, 2.75) is 39.0 Å². The lowest BCUT2D eigenvalue weighted by Crippen LogP contribution is -2.53. The third-order valence-electron chi connectivity index (χ3n) is 4.71. The van der Waals surface area contributed by atoms with Crippen LogP contribution in [0, 0.1) is 0 Å². The number of nitrogens with one attached hydrogen (secondary N) is 1. The van der Waals surface area contributed by atoms with Gasteiger partial charge >= 0.3 is 5.97 Å². The van der Waals surface area contributed by atoms with Crippen LogP contribution in [-0.4, -0.2) is 74.0 Å². The van der Waals surface area contributed by atoms with E-state index in [4.69, 9.17) is 9.41 Å². The van der Waals surface area contributed by atoms with E-state index in [1.165, 1.54) is 13.4 Å². The van der Waals surface area contributed by atoms with Crippen LogP contribution in [0.2, 0.25) is 0 Å². The maximum Gasteiger partial charge on any atom is 0.305 e. The topological polar surface area (TPSA) is 87.4 Å². The van der Waals surface area contributed by atoms with E-state index in [0.29, 0.717) is 25.3 Å². The number of carbonyl (C=O) groups is 2. The molecule has 1 fully saturated rings. The first-order chi connectivity index (χ1) is 13.7. The molecule has 2 heterocycles. The highest BCUT2D eigenvalue weighted by Gasteiger charge is 2.25. The minimum Gasteiger partial charge on any atom is -0.469 e. The molecule has 0 bridgehead atoms. The summed E-state index contributed by atoms with van der Waals surface area (Å²) in [5, 5.41) is 3.34. The van der Waals surface area contributed by atoms with Crippen molar-refractivity contribution in [3.63, 3.8) is 0 Å². The van der Waals surface area contributed by atoms with Crippen LogP contribution in [0.1, 0.15) is 49.6 Å². The number of unbranched alkanes of at least 4 members (excludes halogenated alkanes) is 3. The van der Waals surface area contributed by atoms with E-state index in [-0.39, 0.29) is 35.9 Å². The second-order valence-corrected chi connectivity index (χ2v) is 6.73. The number of rotatable bonds is 9. The molecule has 1 aliphatic rings. The molecular weight excluding hydrogens is 487 g/mol. The Morgan fingerprint density at radius 1 is 1.14 bits per heavy atom. The molecule has 0 spiro atoms. The molecule has 1 N–H and O–H groups in total. The van der Waals surface area contributed by atoms with Crippen LogP contribution in [0.5, 0.6) is 0 Å². The molecule has 0 unspecified atom stereocenters. The number of piperazine rings is 1. The van der Waals surface area contributed by atoms with Gasteiger partial charge in [-0.15, -0.1) is 24.0 Å². The third-order valence-corrected chi connectivity index (χ3v) is 4.71.